The lowest BCUT2D eigenvalue weighted by atomic mass is 9.65. The molecule has 115 heavy (non-hydrogen) atoms. The highest BCUT2D eigenvalue weighted by atomic mass is 16.5. The van der Waals surface area contributed by atoms with Crippen molar-refractivity contribution >= 4 is 38.4 Å². The summed E-state index contributed by atoms with van der Waals surface area (Å²) in [5.74, 6) is 6.99. The Morgan fingerprint density at radius 1 is 0.226 bits per heavy atom. The van der Waals surface area contributed by atoms with E-state index in [4.69, 9.17) is 39.4 Å². The van der Waals surface area contributed by atoms with Gasteiger partial charge in [-0.15, -0.1) is 0 Å². The molecule has 1 atom stereocenters. The summed E-state index contributed by atoms with van der Waals surface area (Å²) in [6.45, 7) is 0. The number of rotatable bonds is 9. The minimum Gasteiger partial charge on any atom is -0.456 e. The smallest absolute Gasteiger partial charge is 0.164 e. The summed E-state index contributed by atoms with van der Waals surface area (Å²) in [7, 11) is 0. The molecule has 0 bridgehead atoms. The molecule has 534 valence electrons. The first-order valence-corrected chi connectivity index (χ1v) is 39.2. The van der Waals surface area contributed by atoms with Gasteiger partial charge in [0, 0.05) is 66.8 Å². The number of para-hydroxylation sites is 4. The number of fused-ring (bicyclic) bond motifs is 21. The molecule has 0 amide bonds. The van der Waals surface area contributed by atoms with Crippen LogP contribution in [0.3, 0.4) is 0 Å². The third kappa shape index (κ3) is 9.79. The molecule has 0 saturated carbocycles. The number of hydrogen-bond acceptors (Lipinski definition) is 8. The Morgan fingerprint density at radius 2 is 0.617 bits per heavy atom. The lowest BCUT2D eigenvalue weighted by Gasteiger charge is -2.40. The summed E-state index contributed by atoms with van der Waals surface area (Å²) < 4.78 is 14.3. The number of benzene rings is 17. The van der Waals surface area contributed by atoms with E-state index in [1.54, 1.807) is 0 Å². The number of aromatic nitrogens is 6. The van der Waals surface area contributed by atoms with Gasteiger partial charge in [0.25, 0.3) is 0 Å². The minimum atomic E-state index is -0.698. The third-order valence-corrected chi connectivity index (χ3v) is 24.5. The van der Waals surface area contributed by atoms with Crippen molar-refractivity contribution < 1.29 is 9.47 Å². The number of nitrogens with zero attached hydrogens (tertiary/aromatic N) is 6. The van der Waals surface area contributed by atoms with Crippen molar-refractivity contribution in [2.75, 3.05) is 0 Å². The van der Waals surface area contributed by atoms with Gasteiger partial charge in [-0.1, -0.05) is 334 Å². The highest BCUT2D eigenvalue weighted by Gasteiger charge is 2.53. The summed E-state index contributed by atoms with van der Waals surface area (Å²) in [5, 5.41) is 7.00. The first kappa shape index (κ1) is 64.7. The van der Waals surface area contributed by atoms with E-state index in [1.807, 2.05) is 36.4 Å². The lowest BCUT2D eigenvalue weighted by Crippen LogP contribution is -2.32. The van der Waals surface area contributed by atoms with Crippen LogP contribution in [0.2, 0.25) is 0 Å². The summed E-state index contributed by atoms with van der Waals surface area (Å²) in [4.78, 5) is 31.3. The summed E-state index contributed by atoms with van der Waals surface area (Å²) in [5.41, 5.74) is 27.3. The van der Waals surface area contributed by atoms with E-state index in [9.17, 15) is 0 Å². The molecule has 2 spiro atoms. The predicted molar refractivity (Wildman–Crippen MR) is 462 cm³/mol. The van der Waals surface area contributed by atoms with Crippen molar-refractivity contribution in [2.24, 2.45) is 0 Å². The molecule has 4 heterocycles. The van der Waals surface area contributed by atoms with Crippen LogP contribution in [0, 0.1) is 0 Å². The Kier molecular flexibility index (Phi) is 14.2. The summed E-state index contributed by atoms with van der Waals surface area (Å²) in [6.07, 6.45) is 5.38. The molecule has 0 N–H and O–H groups in total. The monoisotopic (exact) mass is 1460 g/mol. The molecular formula is C107H64N6O2. The molecule has 1 unspecified atom stereocenters. The molecule has 3 aliphatic carbocycles. The quantitative estimate of drug-likeness (QED) is 0.132. The number of ether oxygens (including phenoxy) is 2. The average Bonchev–Trinajstić information content (AvgIpc) is 1.54. The summed E-state index contributed by atoms with van der Waals surface area (Å²) in [6, 6.07) is 131. The zero-order chi connectivity index (χ0) is 75.5. The van der Waals surface area contributed by atoms with Crippen molar-refractivity contribution in [1.29, 1.82) is 0 Å². The molecule has 17 aromatic carbocycles. The fourth-order valence-corrected chi connectivity index (χ4v) is 19.4. The highest BCUT2D eigenvalue weighted by molar-refractivity contribution is 6.10. The van der Waals surface area contributed by atoms with Gasteiger partial charge in [-0.2, -0.15) is 0 Å². The van der Waals surface area contributed by atoms with Crippen LogP contribution in [0.15, 0.2) is 370 Å². The second-order valence-electron chi connectivity index (χ2n) is 30.6. The largest absolute Gasteiger partial charge is 0.456 e. The lowest BCUT2D eigenvalue weighted by molar-refractivity contribution is 0.438. The molecule has 24 rings (SSSR count). The topological polar surface area (TPSA) is 95.8 Å². The molecule has 8 heteroatoms. The Morgan fingerprint density at radius 3 is 1.18 bits per heavy atom. The van der Waals surface area contributed by atoms with Gasteiger partial charge in [0.2, 0.25) is 0 Å². The van der Waals surface area contributed by atoms with Crippen molar-refractivity contribution in [1.82, 2.24) is 29.9 Å². The van der Waals surface area contributed by atoms with E-state index in [-0.39, 0.29) is 0 Å². The van der Waals surface area contributed by atoms with Gasteiger partial charge < -0.3 is 9.47 Å². The average molecular weight is 1470 g/mol. The second-order valence-corrected chi connectivity index (χ2v) is 30.6. The number of hydrogen-bond donors (Lipinski definition) is 0. The van der Waals surface area contributed by atoms with E-state index in [1.165, 1.54) is 66.4 Å². The van der Waals surface area contributed by atoms with Crippen LogP contribution < -0.4 is 9.47 Å². The molecular weight excluding hydrogens is 1400 g/mol. The fourth-order valence-electron chi connectivity index (χ4n) is 19.4. The van der Waals surface area contributed by atoms with Gasteiger partial charge >= 0.3 is 0 Å². The van der Waals surface area contributed by atoms with Crippen LogP contribution in [-0.2, 0) is 17.3 Å². The van der Waals surface area contributed by atoms with Crippen molar-refractivity contribution in [3.63, 3.8) is 0 Å². The molecule has 0 radical (unpaired) electrons. The van der Waals surface area contributed by atoms with E-state index >= 15 is 0 Å². The minimum absolute atomic E-state index is 0.564. The highest BCUT2D eigenvalue weighted by Crippen LogP contribution is 2.66. The van der Waals surface area contributed by atoms with Crippen molar-refractivity contribution in [2.45, 2.75) is 17.3 Å². The SMILES string of the molecule is C1=Cc2cc(-c3nc(-c4ccccc4)nc(-c4ccc(-c5cccc6c5Oc5ccccc5C65c6ccccc6-c6cc(-c7ccc8ccc9cc(-c%10nc(-c%11ccccc%11)nc(-c%11ccc(-c%12cccc%13c%12Oc%12ccccc%12C%13%12c%13ccccc%13-c%13ccccc%13%12)cc%11)n%10)ccc9c8c7)ccc65)cc4)n3)cc3cccc(c23)C1. The standard InChI is InChI=1S/C107H64N6O2/c1-3-21-68(22-4-1)100-108-102(70-49-43-64(44-50-70)80-32-19-39-93-98(80)114-95-41-15-13-37-91(95)106(93)87-34-10-7-29-82(87)83-30-8-11-35-88(83)106)111-104(110-100)77-55-57-79-74(59-77)54-48-66-47-53-72(62-85(66)79)73-56-58-90-86(63-73)84-31-9-12-36-89(84)107(90)92-38-14-16-42-96(92)115-99-81(33-20-40-94(99)107)65-45-51-71(52-46-65)103-109-101(69-23-5-2-6-24-69)112-105(113-103)78-60-75-27-17-25-67-26-18-28-76(61-78)97(67)75/h1-25,27-63H,26H2. The van der Waals surface area contributed by atoms with E-state index in [2.05, 4.69) is 340 Å². The van der Waals surface area contributed by atoms with E-state index in [0.717, 1.165) is 140 Å². The van der Waals surface area contributed by atoms with Crippen molar-refractivity contribution in [3.8, 4) is 147 Å². The van der Waals surface area contributed by atoms with Gasteiger partial charge in [-0.3, -0.25) is 0 Å². The Hall–Kier alpha value is -15.1. The normalized spacial score (nSPS) is 14.4. The summed E-state index contributed by atoms with van der Waals surface area (Å²) >= 11 is 0. The zero-order valence-electron chi connectivity index (χ0n) is 62.0. The second kappa shape index (κ2) is 25.2. The van der Waals surface area contributed by atoms with E-state index < -0.39 is 10.8 Å². The van der Waals surface area contributed by atoms with E-state index in [0.29, 0.717) is 34.9 Å². The molecule has 0 fully saturated rings. The molecule has 0 saturated heterocycles. The van der Waals surface area contributed by atoms with Gasteiger partial charge in [-0.25, -0.2) is 29.9 Å². The van der Waals surface area contributed by atoms with Gasteiger partial charge in [0.1, 0.15) is 23.0 Å². The predicted octanol–water partition coefficient (Wildman–Crippen LogP) is 26.0. The van der Waals surface area contributed by atoms with Crippen LogP contribution in [0.5, 0.6) is 23.0 Å². The first-order chi connectivity index (χ1) is 56.9. The van der Waals surface area contributed by atoms with Gasteiger partial charge in [-0.05, 0) is 159 Å². The maximum absolute atomic E-state index is 7.24. The maximum atomic E-state index is 7.24. The molecule has 5 aliphatic rings. The fraction of sp³-hybridized carbons (Fsp3) is 0.0280. The van der Waals surface area contributed by atoms with Crippen LogP contribution in [0.4, 0.5) is 0 Å². The molecule has 2 aromatic heterocycles. The zero-order valence-corrected chi connectivity index (χ0v) is 62.0. The Labute approximate surface area is 663 Å². The molecule has 2 aliphatic heterocycles. The maximum Gasteiger partial charge on any atom is 0.164 e. The first-order valence-electron chi connectivity index (χ1n) is 39.2. The van der Waals surface area contributed by atoms with Crippen LogP contribution in [0.1, 0.15) is 55.6 Å². The van der Waals surface area contributed by atoms with Crippen LogP contribution >= 0.6 is 0 Å². The van der Waals surface area contributed by atoms with Crippen LogP contribution in [-0.4, -0.2) is 29.9 Å². The molecule has 19 aromatic rings. The number of allylic oxidation sites excluding steroid dienone is 1. The Balaban J connectivity index is 0.567. The van der Waals surface area contributed by atoms with Crippen molar-refractivity contribution in [3.05, 3.63) is 426 Å². The Bertz CT molecular complexity index is 7330. The third-order valence-electron chi connectivity index (χ3n) is 24.5. The molecule has 8 nitrogen and oxygen atoms in total. The van der Waals surface area contributed by atoms with Crippen LogP contribution in [0.25, 0.3) is 162 Å². The van der Waals surface area contributed by atoms with Gasteiger partial charge in [0.05, 0.1) is 10.8 Å². The van der Waals surface area contributed by atoms with Gasteiger partial charge in [0.15, 0.2) is 34.9 Å².